The minimum Gasteiger partial charge on any atom is -0.545 e. The van der Waals surface area contributed by atoms with Gasteiger partial charge in [-0.3, -0.25) is 9.59 Å². The molecule has 0 aliphatic carbocycles. The highest BCUT2D eigenvalue weighted by Crippen LogP contribution is 2.31. The Morgan fingerprint density at radius 1 is 1.00 bits per heavy atom. The minimum absolute atomic E-state index is 0.00122. The largest absolute Gasteiger partial charge is 0.545 e. The second kappa shape index (κ2) is 6.65. The van der Waals surface area contributed by atoms with Crippen LogP contribution < -0.4 is 15.3 Å². The number of benzene rings is 2. The molecular formula is C19H14ClN2O4-. The van der Waals surface area contributed by atoms with E-state index in [1.165, 1.54) is 24.3 Å². The fraction of sp³-hybridized carbons (Fsp3) is 0.105. The van der Waals surface area contributed by atoms with E-state index in [4.69, 9.17) is 11.6 Å². The van der Waals surface area contributed by atoms with Gasteiger partial charge in [0.05, 0.1) is 11.7 Å². The predicted molar refractivity (Wildman–Crippen MR) is 95.7 cm³/mol. The minimum atomic E-state index is -1.30. The van der Waals surface area contributed by atoms with Crippen LogP contribution in [0, 0.1) is 13.8 Å². The summed E-state index contributed by atoms with van der Waals surface area (Å²) in [5, 5.41) is 13.4. The normalized spacial score (nSPS) is 14.2. The third kappa shape index (κ3) is 3.19. The Morgan fingerprint density at radius 2 is 1.58 bits per heavy atom. The van der Waals surface area contributed by atoms with E-state index >= 15 is 0 Å². The summed E-state index contributed by atoms with van der Waals surface area (Å²) in [6.45, 7) is 3.74. The summed E-state index contributed by atoms with van der Waals surface area (Å²) in [6, 6.07) is 11.0. The molecule has 1 N–H and O–H groups in total. The lowest BCUT2D eigenvalue weighted by Gasteiger charge is -2.16. The number of imide groups is 1. The first kappa shape index (κ1) is 17.7. The summed E-state index contributed by atoms with van der Waals surface area (Å²) >= 11 is 6.08. The number of hydrogen-bond donors (Lipinski definition) is 1. The van der Waals surface area contributed by atoms with Gasteiger partial charge in [0.2, 0.25) is 0 Å². The second-order valence-electron chi connectivity index (χ2n) is 5.97. The van der Waals surface area contributed by atoms with Crippen LogP contribution in [0.4, 0.5) is 11.4 Å². The van der Waals surface area contributed by atoms with Crippen molar-refractivity contribution in [2.24, 2.45) is 0 Å². The summed E-state index contributed by atoms with van der Waals surface area (Å²) in [5.74, 6) is -2.49. The zero-order valence-electron chi connectivity index (χ0n) is 14.0. The van der Waals surface area contributed by atoms with Gasteiger partial charge >= 0.3 is 0 Å². The summed E-state index contributed by atoms with van der Waals surface area (Å²) in [4.78, 5) is 37.0. The molecule has 0 fully saturated rings. The molecule has 0 atom stereocenters. The van der Waals surface area contributed by atoms with Gasteiger partial charge in [0.25, 0.3) is 11.8 Å². The first-order valence-electron chi connectivity index (χ1n) is 7.73. The number of halogens is 1. The van der Waals surface area contributed by atoms with Crippen molar-refractivity contribution in [3.63, 3.8) is 0 Å². The monoisotopic (exact) mass is 369 g/mol. The SMILES string of the molecule is Cc1cc(C)cc(N2C(=O)C(Cl)=C(Nc3ccc(C(=O)[O-])cc3)C2=O)c1. The third-order valence-electron chi connectivity index (χ3n) is 3.88. The van der Waals surface area contributed by atoms with Crippen molar-refractivity contribution in [3.05, 3.63) is 69.9 Å². The molecule has 2 aromatic rings. The third-order valence-corrected chi connectivity index (χ3v) is 4.23. The van der Waals surface area contributed by atoms with Crippen LogP contribution in [-0.2, 0) is 9.59 Å². The van der Waals surface area contributed by atoms with Crippen molar-refractivity contribution in [1.82, 2.24) is 0 Å². The Bertz CT molecular complexity index is 944. The first-order valence-corrected chi connectivity index (χ1v) is 8.11. The molecule has 0 saturated heterocycles. The van der Waals surface area contributed by atoms with E-state index in [0.29, 0.717) is 11.4 Å². The van der Waals surface area contributed by atoms with Crippen molar-refractivity contribution in [1.29, 1.82) is 0 Å². The van der Waals surface area contributed by atoms with Gasteiger partial charge in [-0.1, -0.05) is 29.8 Å². The highest BCUT2D eigenvalue weighted by molar-refractivity contribution is 6.53. The van der Waals surface area contributed by atoms with Crippen LogP contribution in [0.3, 0.4) is 0 Å². The van der Waals surface area contributed by atoms with E-state index in [2.05, 4.69) is 5.32 Å². The summed E-state index contributed by atoms with van der Waals surface area (Å²) < 4.78 is 0. The molecule has 1 heterocycles. The Morgan fingerprint density at radius 3 is 2.12 bits per heavy atom. The van der Waals surface area contributed by atoms with Crippen molar-refractivity contribution in [2.75, 3.05) is 10.2 Å². The molecule has 0 saturated carbocycles. The second-order valence-corrected chi connectivity index (χ2v) is 6.35. The molecule has 132 valence electrons. The van der Waals surface area contributed by atoms with Crippen LogP contribution in [0.15, 0.2) is 53.2 Å². The summed E-state index contributed by atoms with van der Waals surface area (Å²) in [5.41, 5.74) is 2.64. The number of carbonyl (C=O) groups is 3. The van der Waals surface area contributed by atoms with Gasteiger partial charge in [-0.25, -0.2) is 4.90 Å². The van der Waals surface area contributed by atoms with Crippen LogP contribution >= 0.6 is 11.6 Å². The number of carboxylic acid groups (broad SMARTS) is 1. The topological polar surface area (TPSA) is 89.5 Å². The lowest BCUT2D eigenvalue weighted by Crippen LogP contribution is -2.32. The van der Waals surface area contributed by atoms with E-state index in [9.17, 15) is 19.5 Å². The van der Waals surface area contributed by atoms with Crippen molar-refractivity contribution in [2.45, 2.75) is 13.8 Å². The van der Waals surface area contributed by atoms with Crippen LogP contribution in [0.25, 0.3) is 0 Å². The number of aromatic carboxylic acids is 1. The van der Waals surface area contributed by atoms with Gasteiger partial charge in [-0.15, -0.1) is 0 Å². The lowest BCUT2D eigenvalue weighted by atomic mass is 10.1. The molecule has 0 aromatic heterocycles. The Kier molecular flexibility index (Phi) is 4.52. The average molecular weight is 370 g/mol. The summed E-state index contributed by atoms with van der Waals surface area (Å²) in [7, 11) is 0. The molecular weight excluding hydrogens is 356 g/mol. The van der Waals surface area contributed by atoms with E-state index in [-0.39, 0.29) is 16.3 Å². The van der Waals surface area contributed by atoms with Crippen LogP contribution in [0.5, 0.6) is 0 Å². The number of carboxylic acids is 1. The number of carbonyl (C=O) groups excluding carboxylic acids is 3. The quantitative estimate of drug-likeness (QED) is 0.833. The number of nitrogens with one attached hydrogen (secondary N) is 1. The maximum atomic E-state index is 12.7. The molecule has 26 heavy (non-hydrogen) atoms. The average Bonchev–Trinajstić information content (AvgIpc) is 2.78. The highest BCUT2D eigenvalue weighted by atomic mass is 35.5. The van der Waals surface area contributed by atoms with Gasteiger partial charge in [0, 0.05) is 5.69 Å². The predicted octanol–water partition coefficient (Wildman–Crippen LogP) is 2.10. The van der Waals surface area contributed by atoms with Crippen LogP contribution in [0.1, 0.15) is 21.5 Å². The number of aryl methyl sites for hydroxylation is 2. The molecule has 2 aromatic carbocycles. The van der Waals surface area contributed by atoms with Gasteiger partial charge in [-0.05, 0) is 54.8 Å². The molecule has 1 aliphatic heterocycles. The van der Waals surface area contributed by atoms with Crippen LogP contribution in [-0.4, -0.2) is 17.8 Å². The van der Waals surface area contributed by atoms with E-state index in [1.54, 1.807) is 12.1 Å². The molecule has 3 rings (SSSR count). The molecule has 0 bridgehead atoms. The number of amides is 2. The maximum absolute atomic E-state index is 12.7. The Balaban J connectivity index is 1.90. The number of rotatable bonds is 4. The van der Waals surface area contributed by atoms with Gasteiger partial charge in [0.1, 0.15) is 10.7 Å². The maximum Gasteiger partial charge on any atom is 0.283 e. The standard InChI is InChI=1S/C19H15ClN2O4/c1-10-7-11(2)9-14(8-10)22-17(23)15(20)16(18(22)24)21-13-5-3-12(4-6-13)19(25)26/h3-9,21H,1-2H3,(H,25,26)/p-1. The van der Waals surface area contributed by atoms with Gasteiger partial charge < -0.3 is 15.2 Å². The van der Waals surface area contributed by atoms with E-state index in [1.807, 2.05) is 19.9 Å². The summed E-state index contributed by atoms with van der Waals surface area (Å²) in [6.07, 6.45) is 0. The number of anilines is 2. The van der Waals surface area contributed by atoms with Gasteiger partial charge in [0.15, 0.2) is 0 Å². The highest BCUT2D eigenvalue weighted by Gasteiger charge is 2.39. The molecule has 0 spiro atoms. The Hall–Kier alpha value is -3.12. The van der Waals surface area contributed by atoms with Crippen molar-refractivity contribution >= 4 is 40.8 Å². The smallest absolute Gasteiger partial charge is 0.283 e. The fourth-order valence-corrected chi connectivity index (χ4v) is 2.97. The fourth-order valence-electron chi connectivity index (χ4n) is 2.76. The lowest BCUT2D eigenvalue weighted by molar-refractivity contribution is -0.255. The molecule has 2 amide bonds. The first-order chi connectivity index (χ1) is 12.3. The Labute approximate surface area is 154 Å². The van der Waals surface area contributed by atoms with E-state index in [0.717, 1.165) is 16.0 Å². The molecule has 0 unspecified atom stereocenters. The van der Waals surface area contributed by atoms with Crippen molar-refractivity contribution < 1.29 is 19.5 Å². The van der Waals surface area contributed by atoms with Gasteiger partial charge in [-0.2, -0.15) is 0 Å². The molecule has 0 radical (unpaired) electrons. The van der Waals surface area contributed by atoms with Crippen molar-refractivity contribution in [3.8, 4) is 0 Å². The van der Waals surface area contributed by atoms with E-state index < -0.39 is 17.8 Å². The number of hydrogen-bond acceptors (Lipinski definition) is 5. The number of nitrogens with zero attached hydrogens (tertiary/aromatic N) is 1. The zero-order valence-corrected chi connectivity index (χ0v) is 14.8. The molecule has 1 aliphatic rings. The zero-order chi connectivity index (χ0) is 19.0. The molecule has 7 heteroatoms. The molecule has 6 nitrogen and oxygen atoms in total. The van der Waals surface area contributed by atoms with Crippen LogP contribution in [0.2, 0.25) is 0 Å².